The van der Waals surface area contributed by atoms with Crippen molar-refractivity contribution < 1.29 is 9.59 Å². The lowest BCUT2D eigenvalue weighted by atomic mass is 10.2. The Balaban J connectivity index is 1.84. The number of hydrogen-bond donors (Lipinski definition) is 3. The highest BCUT2D eigenvalue weighted by Gasteiger charge is 2.21. The molecule has 0 saturated carbocycles. The molecule has 0 radical (unpaired) electrons. The summed E-state index contributed by atoms with van der Waals surface area (Å²) in [6, 6.07) is 7.73. The van der Waals surface area contributed by atoms with Gasteiger partial charge in [0.2, 0.25) is 5.91 Å². The average Bonchev–Trinajstić information content (AvgIpc) is 2.97. The molecule has 0 spiro atoms. The predicted octanol–water partition coefficient (Wildman–Crippen LogP) is 1.73. The second kappa shape index (κ2) is 8.44. The lowest BCUT2D eigenvalue weighted by Gasteiger charge is -2.15. The van der Waals surface area contributed by atoms with Gasteiger partial charge in [-0.3, -0.25) is 20.4 Å². The van der Waals surface area contributed by atoms with Crippen molar-refractivity contribution in [2.24, 2.45) is 0 Å². The molecule has 1 heterocycles. The van der Waals surface area contributed by atoms with Crippen LogP contribution in [0.25, 0.3) is 6.08 Å². The third kappa shape index (κ3) is 5.34. The Morgan fingerprint density at radius 3 is 2.54 bits per heavy atom. The molecule has 1 aliphatic heterocycles. The van der Waals surface area contributed by atoms with Gasteiger partial charge in [0.25, 0.3) is 5.91 Å². The minimum atomic E-state index is -0.304. The van der Waals surface area contributed by atoms with Crippen molar-refractivity contribution in [2.75, 3.05) is 11.4 Å². The van der Waals surface area contributed by atoms with Gasteiger partial charge in [-0.2, -0.15) is 0 Å². The van der Waals surface area contributed by atoms with E-state index in [-0.39, 0.29) is 17.9 Å². The van der Waals surface area contributed by atoms with E-state index in [1.165, 1.54) is 6.08 Å². The Kier molecular flexibility index (Phi) is 6.31. The Hall–Kier alpha value is -2.41. The van der Waals surface area contributed by atoms with Crippen LogP contribution in [-0.4, -0.2) is 29.5 Å². The van der Waals surface area contributed by atoms with Crippen molar-refractivity contribution in [3.8, 4) is 0 Å². The number of carbonyl (C=O) groups is 2. The number of nitrogens with one attached hydrogen (secondary N) is 3. The molecule has 6 nitrogen and oxygen atoms in total. The van der Waals surface area contributed by atoms with E-state index in [1.807, 2.05) is 38.1 Å². The first-order chi connectivity index (χ1) is 11.5. The molecule has 0 aliphatic carbocycles. The van der Waals surface area contributed by atoms with Gasteiger partial charge >= 0.3 is 0 Å². The smallest absolute Gasteiger partial charge is 0.262 e. The van der Waals surface area contributed by atoms with Crippen molar-refractivity contribution in [1.29, 1.82) is 0 Å². The Morgan fingerprint density at radius 2 is 1.96 bits per heavy atom. The fourth-order valence-corrected chi connectivity index (χ4v) is 2.60. The second-order valence-electron chi connectivity index (χ2n) is 5.82. The van der Waals surface area contributed by atoms with E-state index in [2.05, 4.69) is 16.2 Å². The predicted molar refractivity (Wildman–Crippen MR) is 99.2 cm³/mol. The van der Waals surface area contributed by atoms with Crippen LogP contribution in [0.3, 0.4) is 0 Å². The number of thiocarbonyl (C=S) groups is 1. The Bertz CT molecular complexity index is 640. The average molecular weight is 346 g/mol. The summed E-state index contributed by atoms with van der Waals surface area (Å²) in [6.45, 7) is 4.68. The van der Waals surface area contributed by atoms with E-state index in [1.54, 1.807) is 11.0 Å². The van der Waals surface area contributed by atoms with Crippen molar-refractivity contribution in [3.63, 3.8) is 0 Å². The summed E-state index contributed by atoms with van der Waals surface area (Å²) in [5, 5.41) is 3.32. The van der Waals surface area contributed by atoms with Crippen LogP contribution in [-0.2, 0) is 9.59 Å². The fraction of sp³-hybridized carbons (Fsp3) is 0.353. The molecule has 3 N–H and O–H groups in total. The number of nitrogens with zero attached hydrogens (tertiary/aromatic N) is 1. The molecule has 0 atom stereocenters. The first-order valence-electron chi connectivity index (χ1n) is 7.90. The van der Waals surface area contributed by atoms with Gasteiger partial charge in [0, 0.05) is 30.8 Å². The van der Waals surface area contributed by atoms with Crippen molar-refractivity contribution in [3.05, 3.63) is 35.9 Å². The maximum atomic E-state index is 11.7. The molecule has 0 bridgehead atoms. The van der Waals surface area contributed by atoms with Gasteiger partial charge in [0.15, 0.2) is 5.11 Å². The Morgan fingerprint density at radius 1 is 1.25 bits per heavy atom. The van der Waals surface area contributed by atoms with Crippen LogP contribution in [0.4, 0.5) is 5.69 Å². The SMILES string of the molecule is CC(C)NC(=S)NNC(=O)/C=C/c1ccc(N2CCCC2=O)cc1. The molecule has 1 aromatic carbocycles. The molecule has 1 saturated heterocycles. The summed E-state index contributed by atoms with van der Waals surface area (Å²) in [5.41, 5.74) is 6.89. The van der Waals surface area contributed by atoms with E-state index < -0.39 is 0 Å². The molecule has 1 aromatic rings. The van der Waals surface area contributed by atoms with Crippen LogP contribution in [0.5, 0.6) is 0 Å². The molecule has 128 valence electrons. The van der Waals surface area contributed by atoms with Crippen LogP contribution in [0.2, 0.25) is 0 Å². The minimum Gasteiger partial charge on any atom is -0.359 e. The molecule has 24 heavy (non-hydrogen) atoms. The van der Waals surface area contributed by atoms with E-state index >= 15 is 0 Å². The van der Waals surface area contributed by atoms with E-state index in [4.69, 9.17) is 12.2 Å². The van der Waals surface area contributed by atoms with E-state index in [9.17, 15) is 9.59 Å². The first-order valence-corrected chi connectivity index (χ1v) is 8.31. The number of hydrazine groups is 1. The topological polar surface area (TPSA) is 73.5 Å². The van der Waals surface area contributed by atoms with E-state index in [0.717, 1.165) is 24.2 Å². The lowest BCUT2D eigenvalue weighted by Crippen LogP contribution is -2.48. The maximum Gasteiger partial charge on any atom is 0.262 e. The van der Waals surface area contributed by atoms with Gasteiger partial charge in [0.05, 0.1) is 0 Å². The minimum absolute atomic E-state index is 0.162. The molecular formula is C17H22N4O2S. The number of rotatable bonds is 4. The van der Waals surface area contributed by atoms with Crippen molar-refractivity contribution in [2.45, 2.75) is 32.7 Å². The number of benzene rings is 1. The zero-order valence-electron chi connectivity index (χ0n) is 13.8. The monoisotopic (exact) mass is 346 g/mol. The van der Waals surface area contributed by atoms with Gasteiger partial charge in [0.1, 0.15) is 0 Å². The zero-order chi connectivity index (χ0) is 17.5. The van der Waals surface area contributed by atoms with Crippen LogP contribution < -0.4 is 21.1 Å². The summed E-state index contributed by atoms with van der Waals surface area (Å²) >= 11 is 5.01. The van der Waals surface area contributed by atoms with Gasteiger partial charge in [-0.25, -0.2) is 0 Å². The van der Waals surface area contributed by atoms with Gasteiger partial charge in [-0.15, -0.1) is 0 Å². The summed E-state index contributed by atoms with van der Waals surface area (Å²) in [4.78, 5) is 25.2. The maximum absolute atomic E-state index is 11.7. The molecule has 1 aliphatic rings. The number of amides is 2. The lowest BCUT2D eigenvalue weighted by molar-refractivity contribution is -0.117. The number of hydrogen-bond acceptors (Lipinski definition) is 3. The first kappa shape index (κ1) is 17.9. The molecular weight excluding hydrogens is 324 g/mol. The molecule has 1 fully saturated rings. The highest BCUT2D eigenvalue weighted by molar-refractivity contribution is 7.80. The van der Waals surface area contributed by atoms with Crippen LogP contribution >= 0.6 is 12.2 Å². The Labute approximate surface area is 147 Å². The molecule has 2 amide bonds. The number of carbonyl (C=O) groups excluding carboxylic acids is 2. The third-order valence-electron chi connectivity index (χ3n) is 3.42. The zero-order valence-corrected chi connectivity index (χ0v) is 14.7. The quantitative estimate of drug-likeness (QED) is 0.440. The van der Waals surface area contributed by atoms with Gasteiger partial charge < -0.3 is 10.2 Å². The van der Waals surface area contributed by atoms with Gasteiger partial charge in [-0.1, -0.05) is 12.1 Å². The van der Waals surface area contributed by atoms with Crippen molar-refractivity contribution >= 4 is 40.9 Å². The molecule has 0 unspecified atom stereocenters. The summed E-state index contributed by atoms with van der Waals surface area (Å²) in [6.07, 6.45) is 4.63. The van der Waals surface area contributed by atoms with Crippen LogP contribution in [0.15, 0.2) is 30.3 Å². The van der Waals surface area contributed by atoms with Crippen molar-refractivity contribution in [1.82, 2.24) is 16.2 Å². The summed E-state index contributed by atoms with van der Waals surface area (Å²) in [5.74, 6) is -0.142. The van der Waals surface area contributed by atoms with E-state index in [0.29, 0.717) is 11.5 Å². The molecule has 2 rings (SSSR count). The molecule has 0 aromatic heterocycles. The fourth-order valence-electron chi connectivity index (χ4n) is 2.32. The van der Waals surface area contributed by atoms with Gasteiger partial charge in [-0.05, 0) is 56.3 Å². The molecule has 7 heteroatoms. The van der Waals surface area contributed by atoms with Crippen LogP contribution in [0, 0.1) is 0 Å². The number of anilines is 1. The third-order valence-corrected chi connectivity index (χ3v) is 3.64. The highest BCUT2D eigenvalue weighted by Crippen LogP contribution is 2.21. The standard InChI is InChI=1S/C17H22N4O2S/c1-12(2)18-17(24)20-19-15(22)10-7-13-5-8-14(9-6-13)21-11-3-4-16(21)23/h5-10,12H,3-4,11H2,1-2H3,(H,19,22)(H2,18,20,24)/b10-7+. The largest absolute Gasteiger partial charge is 0.359 e. The summed E-state index contributed by atoms with van der Waals surface area (Å²) < 4.78 is 0. The summed E-state index contributed by atoms with van der Waals surface area (Å²) in [7, 11) is 0. The second-order valence-corrected chi connectivity index (χ2v) is 6.22. The normalized spacial score (nSPS) is 14.3. The highest BCUT2D eigenvalue weighted by atomic mass is 32.1. The van der Waals surface area contributed by atoms with Crippen LogP contribution in [0.1, 0.15) is 32.3 Å².